The number of methoxy groups -OCH3 is 1. The van der Waals surface area contributed by atoms with Crippen LogP contribution in [-0.2, 0) is 0 Å². The molecule has 0 spiro atoms. The summed E-state index contributed by atoms with van der Waals surface area (Å²) in [6, 6.07) is 4.60. The highest BCUT2D eigenvalue weighted by Gasteiger charge is 2.25. The minimum absolute atomic E-state index is 0.687. The zero-order valence-corrected chi connectivity index (χ0v) is 11.6. The topological polar surface area (TPSA) is 37.4 Å². The van der Waals surface area contributed by atoms with Gasteiger partial charge >= 0.3 is 0 Å². The van der Waals surface area contributed by atoms with Crippen molar-refractivity contribution in [1.29, 1.82) is 0 Å². The van der Waals surface area contributed by atoms with Gasteiger partial charge in [0.05, 0.1) is 7.11 Å². The van der Waals surface area contributed by atoms with Crippen molar-refractivity contribution in [2.75, 3.05) is 31.6 Å². The summed E-state index contributed by atoms with van der Waals surface area (Å²) in [4.78, 5) is 6.80. The molecule has 2 heterocycles. The molecule has 2 fully saturated rings. The highest BCUT2D eigenvalue weighted by molar-refractivity contribution is 5.52. The number of aromatic nitrogens is 1. The van der Waals surface area contributed by atoms with Gasteiger partial charge in [0.2, 0.25) is 0 Å². The van der Waals surface area contributed by atoms with Crippen molar-refractivity contribution in [3.8, 4) is 5.75 Å². The quantitative estimate of drug-likeness (QED) is 0.880. The number of pyridine rings is 1. The van der Waals surface area contributed by atoms with E-state index in [-0.39, 0.29) is 0 Å². The van der Waals surface area contributed by atoms with Gasteiger partial charge in [-0.25, -0.2) is 4.98 Å². The highest BCUT2D eigenvalue weighted by Crippen LogP contribution is 2.29. The minimum atomic E-state index is 0.687. The fraction of sp³-hybridized carbons (Fsp3) is 0.667. The van der Waals surface area contributed by atoms with E-state index in [2.05, 4.69) is 15.2 Å². The first-order valence-corrected chi connectivity index (χ1v) is 7.34. The summed E-state index contributed by atoms with van der Waals surface area (Å²) in [5, 5.41) is 3.71. The molecule has 4 nitrogen and oxygen atoms in total. The summed E-state index contributed by atoms with van der Waals surface area (Å²) < 4.78 is 5.39. The second-order valence-electron chi connectivity index (χ2n) is 5.64. The first kappa shape index (κ1) is 12.7. The van der Waals surface area contributed by atoms with Crippen LogP contribution in [0.15, 0.2) is 18.3 Å². The molecule has 1 saturated heterocycles. The van der Waals surface area contributed by atoms with Gasteiger partial charge in [0.15, 0.2) is 11.6 Å². The molecule has 0 unspecified atom stereocenters. The van der Waals surface area contributed by atoms with Crippen LogP contribution >= 0.6 is 0 Å². The zero-order valence-electron chi connectivity index (χ0n) is 11.6. The van der Waals surface area contributed by atoms with Gasteiger partial charge in [-0.2, -0.15) is 0 Å². The molecule has 1 aromatic heterocycles. The zero-order chi connectivity index (χ0) is 13.1. The lowest BCUT2D eigenvalue weighted by Gasteiger charge is -2.33. The Balaban J connectivity index is 1.53. The molecule has 1 aromatic rings. The number of anilines is 1. The smallest absolute Gasteiger partial charge is 0.171 e. The molecule has 19 heavy (non-hydrogen) atoms. The van der Waals surface area contributed by atoms with Crippen LogP contribution in [0.5, 0.6) is 5.75 Å². The van der Waals surface area contributed by atoms with Crippen LogP contribution in [0.25, 0.3) is 0 Å². The van der Waals surface area contributed by atoms with Crippen LogP contribution < -0.4 is 15.0 Å². The molecule has 0 atom stereocenters. The third kappa shape index (κ3) is 3.18. The number of ether oxygens (including phenoxy) is 1. The van der Waals surface area contributed by atoms with Crippen LogP contribution in [0, 0.1) is 5.92 Å². The molecule has 2 aliphatic rings. The SMILES string of the molecule is COc1cccnc1N1CCC(NCC2CC2)CC1. The van der Waals surface area contributed by atoms with Crippen LogP contribution in [-0.4, -0.2) is 37.8 Å². The van der Waals surface area contributed by atoms with Crippen LogP contribution in [0.2, 0.25) is 0 Å². The Kier molecular flexibility index (Phi) is 3.87. The number of piperidine rings is 1. The number of hydrogen-bond donors (Lipinski definition) is 1. The maximum absolute atomic E-state index is 5.39. The van der Waals surface area contributed by atoms with Crippen molar-refractivity contribution in [3.05, 3.63) is 18.3 Å². The van der Waals surface area contributed by atoms with Crippen LogP contribution in [0.3, 0.4) is 0 Å². The minimum Gasteiger partial charge on any atom is -0.493 e. The van der Waals surface area contributed by atoms with Crippen molar-refractivity contribution in [3.63, 3.8) is 0 Å². The molecule has 0 bridgehead atoms. The van der Waals surface area contributed by atoms with E-state index < -0.39 is 0 Å². The normalized spacial score (nSPS) is 20.6. The van der Waals surface area contributed by atoms with E-state index in [1.807, 2.05) is 18.3 Å². The molecule has 1 aliphatic carbocycles. The Morgan fingerprint density at radius 2 is 2.11 bits per heavy atom. The fourth-order valence-corrected chi connectivity index (χ4v) is 2.73. The summed E-state index contributed by atoms with van der Waals surface area (Å²) in [5.74, 6) is 2.84. The molecule has 0 aromatic carbocycles. The largest absolute Gasteiger partial charge is 0.493 e. The summed E-state index contributed by atoms with van der Waals surface area (Å²) in [5.41, 5.74) is 0. The van der Waals surface area contributed by atoms with Crippen LogP contribution in [0.4, 0.5) is 5.82 Å². The Labute approximate surface area is 115 Å². The first-order chi connectivity index (χ1) is 9.36. The highest BCUT2D eigenvalue weighted by atomic mass is 16.5. The Morgan fingerprint density at radius 3 is 2.79 bits per heavy atom. The van der Waals surface area contributed by atoms with Gasteiger partial charge < -0.3 is 15.0 Å². The molecular formula is C15H23N3O. The lowest BCUT2D eigenvalue weighted by Crippen LogP contribution is -2.43. The molecular weight excluding hydrogens is 238 g/mol. The lowest BCUT2D eigenvalue weighted by molar-refractivity contribution is 0.392. The summed E-state index contributed by atoms with van der Waals surface area (Å²) in [7, 11) is 1.71. The van der Waals surface area contributed by atoms with Crippen LogP contribution in [0.1, 0.15) is 25.7 Å². The molecule has 1 saturated carbocycles. The van der Waals surface area contributed by atoms with E-state index in [1.54, 1.807) is 7.11 Å². The van der Waals surface area contributed by atoms with Crippen molar-refractivity contribution in [2.45, 2.75) is 31.7 Å². The number of rotatable bonds is 5. The molecule has 104 valence electrons. The van der Waals surface area contributed by atoms with Crippen molar-refractivity contribution >= 4 is 5.82 Å². The maximum Gasteiger partial charge on any atom is 0.171 e. The number of nitrogens with zero attached hydrogens (tertiary/aromatic N) is 2. The Bertz CT molecular complexity index is 412. The number of hydrogen-bond acceptors (Lipinski definition) is 4. The molecule has 1 aliphatic heterocycles. The predicted octanol–water partition coefficient (Wildman–Crippen LogP) is 2.06. The first-order valence-electron chi connectivity index (χ1n) is 7.34. The molecule has 0 radical (unpaired) electrons. The van der Waals surface area contributed by atoms with Gasteiger partial charge in [0.25, 0.3) is 0 Å². The lowest BCUT2D eigenvalue weighted by atomic mass is 10.0. The summed E-state index contributed by atoms with van der Waals surface area (Å²) >= 11 is 0. The second kappa shape index (κ2) is 5.78. The summed E-state index contributed by atoms with van der Waals surface area (Å²) in [6.07, 6.45) is 7.10. The van der Waals surface area contributed by atoms with Crippen molar-refractivity contribution < 1.29 is 4.74 Å². The van der Waals surface area contributed by atoms with Crippen molar-refractivity contribution in [2.24, 2.45) is 5.92 Å². The molecule has 0 amide bonds. The third-order valence-corrected chi connectivity index (χ3v) is 4.16. The van der Waals surface area contributed by atoms with E-state index in [9.17, 15) is 0 Å². The van der Waals surface area contributed by atoms with E-state index in [4.69, 9.17) is 4.74 Å². The van der Waals surface area contributed by atoms with E-state index in [0.717, 1.165) is 30.6 Å². The van der Waals surface area contributed by atoms with Gasteiger partial charge in [-0.05, 0) is 50.3 Å². The van der Waals surface area contributed by atoms with Gasteiger partial charge in [-0.1, -0.05) is 0 Å². The van der Waals surface area contributed by atoms with E-state index in [1.165, 1.54) is 32.2 Å². The van der Waals surface area contributed by atoms with Gasteiger partial charge in [0.1, 0.15) is 0 Å². The predicted molar refractivity (Wildman–Crippen MR) is 76.8 cm³/mol. The van der Waals surface area contributed by atoms with Crippen molar-refractivity contribution in [1.82, 2.24) is 10.3 Å². The average molecular weight is 261 g/mol. The van der Waals surface area contributed by atoms with Gasteiger partial charge in [0, 0.05) is 25.3 Å². The molecule has 3 rings (SSSR count). The standard InChI is InChI=1S/C15H23N3O/c1-19-14-3-2-8-16-15(14)18-9-6-13(7-10-18)17-11-12-4-5-12/h2-3,8,12-13,17H,4-7,9-11H2,1H3. The van der Waals surface area contributed by atoms with E-state index in [0.29, 0.717) is 6.04 Å². The maximum atomic E-state index is 5.39. The average Bonchev–Trinajstić information content (AvgIpc) is 3.30. The van der Waals surface area contributed by atoms with Gasteiger partial charge in [-0.3, -0.25) is 0 Å². The monoisotopic (exact) mass is 261 g/mol. The Morgan fingerprint density at radius 1 is 1.32 bits per heavy atom. The fourth-order valence-electron chi connectivity index (χ4n) is 2.73. The molecule has 4 heteroatoms. The third-order valence-electron chi connectivity index (χ3n) is 4.16. The van der Waals surface area contributed by atoms with Gasteiger partial charge in [-0.15, -0.1) is 0 Å². The number of nitrogens with one attached hydrogen (secondary N) is 1. The second-order valence-corrected chi connectivity index (χ2v) is 5.64. The van der Waals surface area contributed by atoms with E-state index >= 15 is 0 Å². The Hall–Kier alpha value is -1.29. The summed E-state index contributed by atoms with van der Waals surface area (Å²) in [6.45, 7) is 3.35. The molecule has 1 N–H and O–H groups in total.